The first-order valence-electron chi connectivity index (χ1n) is 9.34. The van der Waals surface area contributed by atoms with E-state index in [2.05, 4.69) is 0 Å². The number of hydrogen-bond acceptors (Lipinski definition) is 2. The highest BCUT2D eigenvalue weighted by atomic mass is 19.4. The highest BCUT2D eigenvalue weighted by Crippen LogP contribution is 2.23. The molecule has 1 rings (SSSR count). The molecule has 0 saturated carbocycles. The first-order chi connectivity index (χ1) is 11.1. The van der Waals surface area contributed by atoms with Gasteiger partial charge in [-0.3, -0.25) is 0 Å². The molecule has 0 radical (unpaired) electrons. The molecule has 0 N–H and O–H groups in total. The van der Waals surface area contributed by atoms with Crippen LogP contribution in [0.5, 0.6) is 0 Å². The SMILES string of the molecule is FC(F)(F)CCCCCCCCCCOCCC1CCCCO1. The van der Waals surface area contributed by atoms with Gasteiger partial charge >= 0.3 is 6.18 Å². The summed E-state index contributed by atoms with van der Waals surface area (Å²) in [4.78, 5) is 0. The Morgan fingerprint density at radius 2 is 1.48 bits per heavy atom. The van der Waals surface area contributed by atoms with E-state index in [1.165, 1.54) is 19.3 Å². The Labute approximate surface area is 139 Å². The molecule has 0 spiro atoms. The molecule has 1 atom stereocenters. The maximum Gasteiger partial charge on any atom is 0.389 e. The van der Waals surface area contributed by atoms with E-state index in [4.69, 9.17) is 9.47 Å². The molecule has 1 heterocycles. The van der Waals surface area contributed by atoms with E-state index in [-0.39, 0.29) is 6.42 Å². The van der Waals surface area contributed by atoms with E-state index >= 15 is 0 Å². The molecule has 1 unspecified atom stereocenters. The lowest BCUT2D eigenvalue weighted by molar-refractivity contribution is -0.135. The summed E-state index contributed by atoms with van der Waals surface area (Å²) in [5.74, 6) is 0. The van der Waals surface area contributed by atoms with E-state index in [0.717, 1.165) is 64.8 Å². The highest BCUT2D eigenvalue weighted by molar-refractivity contribution is 4.62. The zero-order valence-corrected chi connectivity index (χ0v) is 14.3. The minimum atomic E-state index is -3.98. The van der Waals surface area contributed by atoms with Gasteiger partial charge in [-0.15, -0.1) is 0 Å². The van der Waals surface area contributed by atoms with Gasteiger partial charge in [-0.1, -0.05) is 38.5 Å². The van der Waals surface area contributed by atoms with E-state index in [9.17, 15) is 13.2 Å². The summed E-state index contributed by atoms with van der Waals surface area (Å²) < 4.78 is 47.1. The van der Waals surface area contributed by atoms with Gasteiger partial charge in [-0.2, -0.15) is 13.2 Å². The Balaban J connectivity index is 1.71. The van der Waals surface area contributed by atoms with Gasteiger partial charge in [0.2, 0.25) is 0 Å². The lowest BCUT2D eigenvalue weighted by atomic mass is 10.1. The highest BCUT2D eigenvalue weighted by Gasteiger charge is 2.25. The summed E-state index contributed by atoms with van der Waals surface area (Å²) in [5.41, 5.74) is 0. The summed E-state index contributed by atoms with van der Waals surface area (Å²) in [5, 5.41) is 0. The molecule has 0 bridgehead atoms. The number of hydrogen-bond donors (Lipinski definition) is 0. The molecular formula is C18H33F3O2. The fourth-order valence-electron chi connectivity index (χ4n) is 2.94. The van der Waals surface area contributed by atoms with Crippen LogP contribution in [0, 0.1) is 0 Å². The van der Waals surface area contributed by atoms with E-state index in [0.29, 0.717) is 12.5 Å². The van der Waals surface area contributed by atoms with Crippen LogP contribution in [0.2, 0.25) is 0 Å². The van der Waals surface area contributed by atoms with Crippen molar-refractivity contribution < 1.29 is 22.6 Å². The van der Waals surface area contributed by atoms with Crippen molar-refractivity contribution >= 4 is 0 Å². The van der Waals surface area contributed by atoms with Gasteiger partial charge in [-0.25, -0.2) is 0 Å². The number of rotatable bonds is 13. The third-order valence-corrected chi connectivity index (χ3v) is 4.36. The third-order valence-electron chi connectivity index (χ3n) is 4.36. The summed E-state index contributed by atoms with van der Waals surface area (Å²) in [7, 11) is 0. The van der Waals surface area contributed by atoms with Crippen molar-refractivity contribution in [2.24, 2.45) is 0 Å². The molecule has 138 valence electrons. The van der Waals surface area contributed by atoms with Crippen molar-refractivity contribution in [2.75, 3.05) is 19.8 Å². The molecule has 1 aliphatic heterocycles. The first-order valence-corrected chi connectivity index (χ1v) is 9.34. The Morgan fingerprint density at radius 1 is 0.826 bits per heavy atom. The summed E-state index contributed by atoms with van der Waals surface area (Å²) in [6, 6.07) is 0. The average molecular weight is 338 g/mol. The van der Waals surface area contributed by atoms with Crippen LogP contribution in [0.25, 0.3) is 0 Å². The number of alkyl halides is 3. The second-order valence-corrected chi connectivity index (χ2v) is 6.58. The van der Waals surface area contributed by atoms with Crippen LogP contribution >= 0.6 is 0 Å². The predicted octanol–water partition coefficient (Wildman–Crippen LogP) is 6.04. The normalized spacial score (nSPS) is 19.2. The van der Waals surface area contributed by atoms with E-state index in [1.807, 2.05) is 0 Å². The fourth-order valence-corrected chi connectivity index (χ4v) is 2.94. The molecule has 0 aromatic rings. The van der Waals surface area contributed by atoms with Crippen molar-refractivity contribution in [3.63, 3.8) is 0 Å². The Morgan fingerprint density at radius 3 is 2.09 bits per heavy atom. The van der Waals surface area contributed by atoms with Crippen LogP contribution in [-0.4, -0.2) is 32.1 Å². The standard InChI is InChI=1S/C18H33F3O2/c19-18(20,21)13-8-5-3-1-2-4-6-9-14-22-16-12-17-11-7-10-15-23-17/h17H,1-16H2. The van der Waals surface area contributed by atoms with Crippen LogP contribution in [0.1, 0.15) is 83.5 Å². The Kier molecular flexibility index (Phi) is 11.8. The molecule has 1 saturated heterocycles. The minimum Gasteiger partial charge on any atom is -0.381 e. The van der Waals surface area contributed by atoms with Gasteiger partial charge in [0.05, 0.1) is 6.10 Å². The van der Waals surface area contributed by atoms with Crippen LogP contribution in [-0.2, 0) is 9.47 Å². The maximum absolute atomic E-state index is 11.9. The number of unbranched alkanes of at least 4 members (excludes halogenated alkanes) is 7. The van der Waals surface area contributed by atoms with Gasteiger partial charge < -0.3 is 9.47 Å². The van der Waals surface area contributed by atoms with E-state index in [1.54, 1.807) is 0 Å². The van der Waals surface area contributed by atoms with Gasteiger partial charge in [0.15, 0.2) is 0 Å². The number of halogens is 3. The average Bonchev–Trinajstić information content (AvgIpc) is 2.52. The third kappa shape index (κ3) is 13.8. The summed E-state index contributed by atoms with van der Waals surface area (Å²) in [6.45, 7) is 2.52. The van der Waals surface area contributed by atoms with Crippen LogP contribution < -0.4 is 0 Å². The van der Waals surface area contributed by atoms with Crippen molar-refractivity contribution in [1.29, 1.82) is 0 Å². The Hall–Kier alpha value is -0.290. The predicted molar refractivity (Wildman–Crippen MR) is 86.6 cm³/mol. The molecule has 2 nitrogen and oxygen atoms in total. The molecule has 0 aromatic carbocycles. The summed E-state index contributed by atoms with van der Waals surface area (Å²) in [6.07, 6.45) is 7.93. The second-order valence-electron chi connectivity index (χ2n) is 6.58. The Bertz CT molecular complexity index is 263. The van der Waals surface area contributed by atoms with Crippen LogP contribution in [0.4, 0.5) is 13.2 Å². The molecular weight excluding hydrogens is 305 g/mol. The van der Waals surface area contributed by atoms with Crippen LogP contribution in [0.15, 0.2) is 0 Å². The zero-order valence-electron chi connectivity index (χ0n) is 14.3. The quantitative estimate of drug-likeness (QED) is 0.381. The smallest absolute Gasteiger partial charge is 0.381 e. The van der Waals surface area contributed by atoms with Crippen molar-refractivity contribution in [3.8, 4) is 0 Å². The molecule has 23 heavy (non-hydrogen) atoms. The topological polar surface area (TPSA) is 18.5 Å². The van der Waals surface area contributed by atoms with E-state index < -0.39 is 12.6 Å². The van der Waals surface area contributed by atoms with Crippen molar-refractivity contribution in [1.82, 2.24) is 0 Å². The van der Waals surface area contributed by atoms with Crippen LogP contribution in [0.3, 0.4) is 0 Å². The van der Waals surface area contributed by atoms with Gasteiger partial charge in [-0.05, 0) is 38.5 Å². The monoisotopic (exact) mass is 338 g/mol. The van der Waals surface area contributed by atoms with Crippen molar-refractivity contribution in [2.45, 2.75) is 95.8 Å². The summed E-state index contributed by atoms with van der Waals surface area (Å²) >= 11 is 0. The maximum atomic E-state index is 11.9. The molecule has 1 fully saturated rings. The first kappa shape index (κ1) is 20.8. The van der Waals surface area contributed by atoms with Gasteiger partial charge in [0.1, 0.15) is 0 Å². The largest absolute Gasteiger partial charge is 0.389 e. The van der Waals surface area contributed by atoms with Crippen molar-refractivity contribution in [3.05, 3.63) is 0 Å². The second kappa shape index (κ2) is 13.1. The minimum absolute atomic E-state index is 0.280. The lowest BCUT2D eigenvalue weighted by Gasteiger charge is -2.22. The fraction of sp³-hybridized carbons (Fsp3) is 1.00. The molecule has 1 aliphatic rings. The molecule has 5 heteroatoms. The van der Waals surface area contributed by atoms with Gasteiger partial charge in [0.25, 0.3) is 0 Å². The molecule has 0 aromatic heterocycles. The molecule has 0 aliphatic carbocycles. The lowest BCUT2D eigenvalue weighted by Crippen LogP contribution is -2.20. The van der Waals surface area contributed by atoms with Gasteiger partial charge in [0, 0.05) is 26.2 Å². The number of ether oxygens (including phenoxy) is 2. The zero-order chi connectivity index (χ0) is 16.8. The molecule has 0 amide bonds.